The van der Waals surface area contributed by atoms with Crippen LogP contribution in [-0.2, 0) is 19.1 Å². The van der Waals surface area contributed by atoms with Gasteiger partial charge < -0.3 is 36.3 Å². The molecule has 2 aliphatic rings. The monoisotopic (exact) mass is 483 g/mol. The van der Waals surface area contributed by atoms with Crippen molar-refractivity contribution in [3.8, 4) is 0 Å². The van der Waals surface area contributed by atoms with Gasteiger partial charge in [0.1, 0.15) is 18.0 Å². The molecule has 12 heteroatoms. The lowest BCUT2D eigenvalue weighted by Crippen LogP contribution is -2.36. The topological polar surface area (TPSA) is 160 Å². The van der Waals surface area contributed by atoms with Crippen LogP contribution in [0.25, 0.3) is 0 Å². The second-order valence-electron chi connectivity index (χ2n) is 8.02. The molecule has 0 radical (unpaired) electrons. The number of benzene rings is 1. The molecule has 6 N–H and O–H groups in total. The number of aliphatic carboxylic acids is 1. The molecule has 0 aromatic heterocycles. The average Bonchev–Trinajstić information content (AvgIpc) is 3.19. The van der Waals surface area contributed by atoms with Crippen molar-refractivity contribution in [3.63, 3.8) is 0 Å². The first kappa shape index (κ1) is 27.3. The number of cyclic esters (lactones) is 1. The van der Waals surface area contributed by atoms with Gasteiger partial charge in [0, 0.05) is 20.0 Å². The Bertz CT molecular complexity index is 836. The summed E-state index contributed by atoms with van der Waals surface area (Å²) < 4.78 is 24.9. The Balaban J connectivity index is 0.000000347. The molecule has 1 aromatic carbocycles. The highest BCUT2D eigenvalue weighted by molar-refractivity contribution is 5.90. The van der Waals surface area contributed by atoms with E-state index in [4.69, 9.17) is 26.0 Å². The smallest absolute Gasteiger partial charge is 0.414 e. The van der Waals surface area contributed by atoms with Crippen LogP contribution in [0.1, 0.15) is 26.2 Å². The summed E-state index contributed by atoms with van der Waals surface area (Å²) in [4.78, 5) is 36.3. The Hall–Kier alpha value is -2.96. The van der Waals surface area contributed by atoms with E-state index in [2.05, 4.69) is 5.32 Å². The Morgan fingerprint density at radius 1 is 1.29 bits per heavy atom. The van der Waals surface area contributed by atoms with Crippen LogP contribution in [0.15, 0.2) is 18.2 Å². The van der Waals surface area contributed by atoms with Gasteiger partial charge in [0.25, 0.3) is 0 Å². The van der Waals surface area contributed by atoms with Gasteiger partial charge in [-0.25, -0.2) is 9.18 Å². The fraction of sp³-hybridized carbons (Fsp3) is 0.591. The first-order chi connectivity index (χ1) is 16.2. The van der Waals surface area contributed by atoms with Gasteiger partial charge in [-0.3, -0.25) is 14.5 Å². The number of anilines is 2. The fourth-order valence-corrected chi connectivity index (χ4v) is 3.45. The lowest BCUT2D eigenvalue weighted by Gasteiger charge is -2.29. The van der Waals surface area contributed by atoms with Gasteiger partial charge >= 0.3 is 12.1 Å². The van der Waals surface area contributed by atoms with Crippen LogP contribution < -0.4 is 26.6 Å². The first-order valence-corrected chi connectivity index (χ1v) is 11.3. The molecule has 2 amide bonds. The molecule has 11 nitrogen and oxygen atoms in total. The van der Waals surface area contributed by atoms with E-state index in [1.54, 1.807) is 12.1 Å². The number of rotatable bonds is 9. The summed E-state index contributed by atoms with van der Waals surface area (Å²) in [6.07, 6.45) is 1.18. The molecule has 2 heterocycles. The zero-order valence-corrected chi connectivity index (χ0v) is 19.4. The van der Waals surface area contributed by atoms with Crippen molar-refractivity contribution in [2.24, 2.45) is 11.5 Å². The lowest BCUT2D eigenvalue weighted by atomic mass is 10.1. The molecule has 190 valence electrons. The van der Waals surface area contributed by atoms with Crippen molar-refractivity contribution >= 4 is 29.3 Å². The van der Waals surface area contributed by atoms with Crippen molar-refractivity contribution in [2.45, 2.75) is 38.3 Å². The quantitative estimate of drug-likeness (QED) is 0.370. The van der Waals surface area contributed by atoms with Gasteiger partial charge in [-0.05, 0) is 37.6 Å². The number of halogens is 1. The van der Waals surface area contributed by atoms with Crippen LogP contribution in [0.5, 0.6) is 0 Å². The molecule has 0 saturated carbocycles. The van der Waals surface area contributed by atoms with Crippen molar-refractivity contribution in [3.05, 3.63) is 24.0 Å². The molecule has 0 spiro atoms. The number of ether oxygens (including phenoxy) is 2. The second-order valence-corrected chi connectivity index (χ2v) is 8.02. The van der Waals surface area contributed by atoms with Crippen molar-refractivity contribution in [2.75, 3.05) is 55.7 Å². The van der Waals surface area contributed by atoms with Crippen LogP contribution >= 0.6 is 0 Å². The lowest BCUT2D eigenvalue weighted by molar-refractivity contribution is -0.138. The molecule has 1 unspecified atom stereocenters. The van der Waals surface area contributed by atoms with Crippen molar-refractivity contribution in [1.82, 2.24) is 5.32 Å². The van der Waals surface area contributed by atoms with E-state index in [1.165, 1.54) is 17.9 Å². The van der Waals surface area contributed by atoms with E-state index in [1.807, 2.05) is 4.90 Å². The molecule has 34 heavy (non-hydrogen) atoms. The minimum atomic E-state index is -0.933. The Kier molecular flexibility index (Phi) is 11.0. The molecule has 3 rings (SSSR count). The standard InChI is InChI=1S/C16H20FN3O4.C6H14N2O2/c1-11(21)18-9-13-10-20(16(22)24-13)12-2-3-15(14(17)8-12)19-4-6-23-7-5-19;7-4-2-1-3-5(8)6(9)10/h2-3,8,13H,4-7,9-10H2,1H3,(H,18,21);5H,1-4,7-8H2,(H,9,10)/t13-;/m0./s1. The number of carbonyl (C=O) groups excluding carboxylic acids is 2. The summed E-state index contributed by atoms with van der Waals surface area (Å²) in [5, 5.41) is 10.9. The third-order valence-corrected chi connectivity index (χ3v) is 5.33. The number of carboxylic acid groups (broad SMARTS) is 1. The van der Waals surface area contributed by atoms with Crippen molar-refractivity contribution in [1.29, 1.82) is 0 Å². The van der Waals surface area contributed by atoms with Crippen LogP contribution in [0, 0.1) is 5.82 Å². The molecule has 0 bridgehead atoms. The number of morpholine rings is 1. The maximum absolute atomic E-state index is 14.4. The van der Waals surface area contributed by atoms with Gasteiger partial charge in [0.2, 0.25) is 5.91 Å². The molecule has 2 atom stereocenters. The highest BCUT2D eigenvalue weighted by atomic mass is 19.1. The number of nitrogens with two attached hydrogens (primary N) is 2. The summed E-state index contributed by atoms with van der Waals surface area (Å²) in [6, 6.07) is 4.00. The Labute approximate surface area is 198 Å². The number of carboxylic acids is 1. The molecule has 2 saturated heterocycles. The molecule has 2 aliphatic heterocycles. The Morgan fingerprint density at radius 2 is 2.00 bits per heavy atom. The van der Waals surface area contributed by atoms with Gasteiger partial charge in [0.05, 0.1) is 37.7 Å². The highest BCUT2D eigenvalue weighted by Gasteiger charge is 2.33. The average molecular weight is 484 g/mol. The van der Waals surface area contributed by atoms with E-state index in [0.717, 1.165) is 12.8 Å². The Morgan fingerprint density at radius 3 is 2.59 bits per heavy atom. The summed E-state index contributed by atoms with van der Waals surface area (Å²) in [6.45, 7) is 4.94. The molecular weight excluding hydrogens is 449 g/mol. The van der Waals surface area contributed by atoms with E-state index in [-0.39, 0.29) is 24.8 Å². The van der Waals surface area contributed by atoms with Gasteiger partial charge in [0.15, 0.2) is 0 Å². The molecule has 1 aromatic rings. The van der Waals surface area contributed by atoms with Crippen LogP contribution in [0.3, 0.4) is 0 Å². The van der Waals surface area contributed by atoms with E-state index in [0.29, 0.717) is 50.6 Å². The summed E-state index contributed by atoms with van der Waals surface area (Å²) in [5.41, 5.74) is 11.4. The number of unbranched alkanes of at least 4 members (excludes halogenated alkanes) is 1. The number of nitrogens with zero attached hydrogens (tertiary/aromatic N) is 2. The van der Waals surface area contributed by atoms with Crippen LogP contribution in [0.2, 0.25) is 0 Å². The first-order valence-electron chi connectivity index (χ1n) is 11.3. The zero-order chi connectivity index (χ0) is 25.1. The number of hydrogen-bond acceptors (Lipinski definition) is 8. The minimum Gasteiger partial charge on any atom is -0.480 e. The van der Waals surface area contributed by atoms with Gasteiger partial charge in [-0.1, -0.05) is 6.42 Å². The molecule has 0 aliphatic carbocycles. The van der Waals surface area contributed by atoms with Crippen LogP contribution in [0.4, 0.5) is 20.6 Å². The summed E-state index contributed by atoms with van der Waals surface area (Å²) in [5.74, 6) is -1.50. The van der Waals surface area contributed by atoms with E-state index in [9.17, 15) is 18.8 Å². The largest absolute Gasteiger partial charge is 0.480 e. The van der Waals surface area contributed by atoms with Crippen LogP contribution in [-0.4, -0.2) is 81.2 Å². The van der Waals surface area contributed by atoms with Gasteiger partial charge in [-0.2, -0.15) is 0 Å². The predicted octanol–water partition coefficient (Wildman–Crippen LogP) is 0.651. The number of carbonyl (C=O) groups is 3. The number of nitrogens with one attached hydrogen (secondary N) is 1. The number of hydrogen-bond donors (Lipinski definition) is 4. The van der Waals surface area contributed by atoms with E-state index >= 15 is 0 Å². The molecule has 2 fully saturated rings. The maximum Gasteiger partial charge on any atom is 0.414 e. The second kappa shape index (κ2) is 13.7. The van der Waals surface area contributed by atoms with E-state index < -0.39 is 24.2 Å². The number of amides is 2. The third-order valence-electron chi connectivity index (χ3n) is 5.33. The summed E-state index contributed by atoms with van der Waals surface area (Å²) >= 11 is 0. The maximum atomic E-state index is 14.4. The van der Waals surface area contributed by atoms with Gasteiger partial charge in [-0.15, -0.1) is 0 Å². The minimum absolute atomic E-state index is 0.189. The third kappa shape index (κ3) is 8.43. The summed E-state index contributed by atoms with van der Waals surface area (Å²) in [7, 11) is 0. The van der Waals surface area contributed by atoms with Crippen molar-refractivity contribution < 1.29 is 33.4 Å². The fourth-order valence-electron chi connectivity index (χ4n) is 3.45. The zero-order valence-electron chi connectivity index (χ0n) is 19.4. The highest BCUT2D eigenvalue weighted by Crippen LogP contribution is 2.28. The predicted molar refractivity (Wildman–Crippen MR) is 124 cm³/mol. The normalized spacial score (nSPS) is 18.6. The molecular formula is C22H34FN5O6. The SMILES string of the molecule is CC(=O)NC[C@H]1CN(c2ccc(N3CCOCC3)c(F)c2)C(=O)O1.NCCCCC(N)C(=O)O.